The molecule has 1 aromatic carbocycles. The molecule has 0 bridgehead atoms. The minimum absolute atomic E-state index is 0.00435. The number of amidine groups is 1. The first-order valence-electron chi connectivity index (χ1n) is 4.91. The summed E-state index contributed by atoms with van der Waals surface area (Å²) in [5.41, 5.74) is 7.02. The zero-order valence-electron chi connectivity index (χ0n) is 9.05. The van der Waals surface area contributed by atoms with Crippen LogP contribution in [0.15, 0.2) is 18.2 Å². The fourth-order valence-corrected chi connectivity index (χ4v) is 1.70. The van der Waals surface area contributed by atoms with Crippen LogP contribution in [0, 0.1) is 5.41 Å². The molecule has 0 atom stereocenters. The van der Waals surface area contributed by atoms with E-state index in [0.29, 0.717) is 10.6 Å². The van der Waals surface area contributed by atoms with Crippen molar-refractivity contribution < 1.29 is 0 Å². The Morgan fingerprint density at radius 3 is 2.67 bits per heavy atom. The van der Waals surface area contributed by atoms with Gasteiger partial charge in [-0.1, -0.05) is 18.5 Å². The quantitative estimate of drug-likeness (QED) is 0.611. The third-order valence-corrected chi connectivity index (χ3v) is 2.56. The van der Waals surface area contributed by atoms with Gasteiger partial charge >= 0.3 is 0 Å². The van der Waals surface area contributed by atoms with Crippen LogP contribution in [-0.2, 0) is 0 Å². The number of halogens is 1. The summed E-state index contributed by atoms with van der Waals surface area (Å²) in [5, 5.41) is 7.85. The van der Waals surface area contributed by atoms with Crippen molar-refractivity contribution >= 4 is 23.1 Å². The van der Waals surface area contributed by atoms with Gasteiger partial charge in [-0.05, 0) is 24.6 Å². The van der Waals surface area contributed by atoms with Crippen LogP contribution in [0.25, 0.3) is 0 Å². The van der Waals surface area contributed by atoms with E-state index in [1.54, 1.807) is 6.07 Å². The van der Waals surface area contributed by atoms with Gasteiger partial charge in [-0.15, -0.1) is 0 Å². The summed E-state index contributed by atoms with van der Waals surface area (Å²) in [4.78, 5) is 2.12. The summed E-state index contributed by atoms with van der Waals surface area (Å²) in [5.74, 6) is 0.00435. The molecular weight excluding hydrogens is 210 g/mol. The predicted molar refractivity (Wildman–Crippen MR) is 66.0 cm³/mol. The van der Waals surface area contributed by atoms with Gasteiger partial charge in [0.25, 0.3) is 0 Å². The summed E-state index contributed by atoms with van der Waals surface area (Å²) >= 11 is 6.02. The monoisotopic (exact) mass is 225 g/mol. The predicted octanol–water partition coefficient (Wildman–Crippen LogP) is 2.47. The lowest BCUT2D eigenvalue weighted by Crippen LogP contribution is -2.18. The lowest BCUT2D eigenvalue weighted by Gasteiger charge is -2.19. The van der Waals surface area contributed by atoms with E-state index in [0.717, 1.165) is 18.7 Å². The van der Waals surface area contributed by atoms with Crippen LogP contribution in [0.4, 0.5) is 5.69 Å². The number of nitrogens with two attached hydrogens (primary N) is 1. The van der Waals surface area contributed by atoms with Gasteiger partial charge < -0.3 is 10.6 Å². The van der Waals surface area contributed by atoms with Crippen LogP contribution in [0.2, 0.25) is 5.02 Å². The molecule has 0 unspecified atom stereocenters. The first kappa shape index (κ1) is 11.9. The molecule has 0 fully saturated rings. The summed E-state index contributed by atoms with van der Waals surface area (Å²) in [6.07, 6.45) is 1.09. The summed E-state index contributed by atoms with van der Waals surface area (Å²) < 4.78 is 0. The van der Waals surface area contributed by atoms with Gasteiger partial charge in [0.1, 0.15) is 5.84 Å². The summed E-state index contributed by atoms with van der Waals surface area (Å²) in [6.45, 7) is 3.11. The third-order valence-electron chi connectivity index (χ3n) is 2.24. The molecule has 0 saturated carbocycles. The van der Waals surface area contributed by atoms with E-state index in [1.807, 2.05) is 19.2 Å². The van der Waals surface area contributed by atoms with Crippen molar-refractivity contribution in [1.82, 2.24) is 0 Å². The first-order valence-corrected chi connectivity index (χ1v) is 5.29. The summed E-state index contributed by atoms with van der Waals surface area (Å²) in [7, 11) is 2.02. The van der Waals surface area contributed by atoms with E-state index >= 15 is 0 Å². The molecule has 0 radical (unpaired) electrons. The Morgan fingerprint density at radius 1 is 1.53 bits per heavy atom. The van der Waals surface area contributed by atoms with E-state index in [9.17, 15) is 0 Å². The second-order valence-electron chi connectivity index (χ2n) is 3.50. The number of anilines is 1. The fraction of sp³-hybridized carbons (Fsp3) is 0.364. The van der Waals surface area contributed by atoms with Crippen molar-refractivity contribution in [3.63, 3.8) is 0 Å². The molecule has 0 aliphatic carbocycles. The smallest absolute Gasteiger partial charge is 0.124 e. The lowest BCUT2D eigenvalue weighted by molar-refractivity contribution is 0.852. The number of hydrogen-bond acceptors (Lipinski definition) is 2. The molecule has 0 aromatic heterocycles. The first-order chi connectivity index (χ1) is 7.06. The Balaban J connectivity index is 2.96. The molecule has 4 heteroatoms. The van der Waals surface area contributed by atoms with Crippen molar-refractivity contribution in [2.24, 2.45) is 5.73 Å². The van der Waals surface area contributed by atoms with Crippen molar-refractivity contribution in [3.05, 3.63) is 28.8 Å². The minimum Gasteiger partial charge on any atom is -0.384 e. The van der Waals surface area contributed by atoms with Crippen molar-refractivity contribution in [2.45, 2.75) is 13.3 Å². The molecule has 3 N–H and O–H groups in total. The van der Waals surface area contributed by atoms with E-state index < -0.39 is 0 Å². The van der Waals surface area contributed by atoms with Gasteiger partial charge in [-0.25, -0.2) is 0 Å². The molecular formula is C11H16ClN3. The highest BCUT2D eigenvalue weighted by molar-refractivity contribution is 6.34. The molecule has 1 rings (SSSR count). The molecule has 0 amide bonds. The van der Waals surface area contributed by atoms with Crippen LogP contribution in [0.3, 0.4) is 0 Å². The Bertz CT molecular complexity index is 363. The molecule has 82 valence electrons. The van der Waals surface area contributed by atoms with Crippen LogP contribution in [0.5, 0.6) is 0 Å². The SMILES string of the molecule is CCCN(C)c1ccc(C(=N)N)c(Cl)c1. The lowest BCUT2D eigenvalue weighted by atomic mass is 10.2. The van der Waals surface area contributed by atoms with Gasteiger partial charge in [0.15, 0.2) is 0 Å². The minimum atomic E-state index is 0.00435. The van der Waals surface area contributed by atoms with Crippen LogP contribution >= 0.6 is 11.6 Å². The highest BCUT2D eigenvalue weighted by Gasteiger charge is 2.06. The zero-order valence-corrected chi connectivity index (χ0v) is 9.80. The number of nitrogens with zero attached hydrogens (tertiary/aromatic N) is 1. The van der Waals surface area contributed by atoms with Gasteiger partial charge in [0, 0.05) is 24.8 Å². The van der Waals surface area contributed by atoms with Gasteiger partial charge in [-0.2, -0.15) is 0 Å². The van der Waals surface area contributed by atoms with E-state index in [4.69, 9.17) is 22.7 Å². The molecule has 0 heterocycles. The number of rotatable bonds is 4. The topological polar surface area (TPSA) is 53.1 Å². The van der Waals surface area contributed by atoms with E-state index in [1.165, 1.54) is 0 Å². The van der Waals surface area contributed by atoms with Gasteiger partial charge in [-0.3, -0.25) is 5.41 Å². The molecule has 3 nitrogen and oxygen atoms in total. The average molecular weight is 226 g/mol. The van der Waals surface area contributed by atoms with Crippen LogP contribution in [0.1, 0.15) is 18.9 Å². The standard InChI is InChI=1S/C11H16ClN3/c1-3-6-15(2)8-4-5-9(11(13)14)10(12)7-8/h4-5,7H,3,6H2,1-2H3,(H3,13,14). The number of nitrogens with one attached hydrogen (secondary N) is 1. The third kappa shape index (κ3) is 2.86. The number of hydrogen-bond donors (Lipinski definition) is 2. The zero-order chi connectivity index (χ0) is 11.4. The van der Waals surface area contributed by atoms with Crippen LogP contribution in [-0.4, -0.2) is 19.4 Å². The van der Waals surface area contributed by atoms with Crippen LogP contribution < -0.4 is 10.6 Å². The highest BCUT2D eigenvalue weighted by atomic mass is 35.5. The maximum absolute atomic E-state index is 7.31. The fourth-order valence-electron chi connectivity index (χ4n) is 1.42. The Labute approximate surface area is 95.3 Å². The van der Waals surface area contributed by atoms with Crippen molar-refractivity contribution in [2.75, 3.05) is 18.5 Å². The maximum Gasteiger partial charge on any atom is 0.124 e. The molecule has 0 aliphatic rings. The maximum atomic E-state index is 7.31. The second kappa shape index (κ2) is 5.03. The summed E-state index contributed by atoms with van der Waals surface area (Å²) in [6, 6.07) is 5.55. The molecule has 0 aliphatic heterocycles. The Morgan fingerprint density at radius 2 is 2.20 bits per heavy atom. The number of nitrogen functional groups attached to an aromatic ring is 1. The molecule has 1 aromatic rings. The van der Waals surface area contributed by atoms with Crippen molar-refractivity contribution in [1.29, 1.82) is 5.41 Å². The highest BCUT2D eigenvalue weighted by Crippen LogP contribution is 2.22. The van der Waals surface area contributed by atoms with Gasteiger partial charge in [0.2, 0.25) is 0 Å². The largest absolute Gasteiger partial charge is 0.384 e. The Hall–Kier alpha value is -1.22. The average Bonchev–Trinajstić information content (AvgIpc) is 2.17. The normalized spacial score (nSPS) is 10.1. The molecule has 0 saturated heterocycles. The number of benzene rings is 1. The molecule has 15 heavy (non-hydrogen) atoms. The van der Waals surface area contributed by atoms with Gasteiger partial charge in [0.05, 0.1) is 5.02 Å². The second-order valence-corrected chi connectivity index (χ2v) is 3.91. The van der Waals surface area contributed by atoms with E-state index in [2.05, 4.69) is 11.8 Å². The van der Waals surface area contributed by atoms with E-state index in [-0.39, 0.29) is 5.84 Å². The Kier molecular flexibility index (Phi) is 3.97. The molecule has 0 spiro atoms. The van der Waals surface area contributed by atoms with Crippen molar-refractivity contribution in [3.8, 4) is 0 Å².